The summed E-state index contributed by atoms with van der Waals surface area (Å²) >= 11 is 11.6. The summed E-state index contributed by atoms with van der Waals surface area (Å²) in [5.41, 5.74) is 1.09. The van der Waals surface area contributed by atoms with Crippen LogP contribution in [0.25, 0.3) is 10.9 Å². The molecule has 1 heterocycles. The highest BCUT2D eigenvalue weighted by atomic mass is 35.5. The number of carbonyl (C=O) groups is 2. The molecule has 4 rings (SSSR count). The standard InChI is InChI=1S/C25H24Cl2FN3O3/c26-17-4-10-22-16(11-17)3-9-23(31-22)25(33)29-13-15-1-5-18(6-2-15)30-24(32)14-34-19-7-8-20(27)21(28)12-19/h3-4,7-12,15,18H,1-2,5-6,13-14H2,(H,29,33)(H,30,32). The number of hydrogen-bond donors (Lipinski definition) is 2. The highest BCUT2D eigenvalue weighted by Gasteiger charge is 2.23. The summed E-state index contributed by atoms with van der Waals surface area (Å²) in [6.45, 7) is 0.368. The molecule has 0 atom stereocenters. The Balaban J connectivity index is 1.18. The van der Waals surface area contributed by atoms with E-state index in [1.54, 1.807) is 18.2 Å². The van der Waals surface area contributed by atoms with Crippen LogP contribution in [0.4, 0.5) is 4.39 Å². The summed E-state index contributed by atoms with van der Waals surface area (Å²) in [4.78, 5) is 29.1. The number of carbonyl (C=O) groups excluding carboxylic acids is 2. The van der Waals surface area contributed by atoms with Crippen molar-refractivity contribution >= 4 is 45.9 Å². The van der Waals surface area contributed by atoms with Gasteiger partial charge in [-0.1, -0.05) is 29.3 Å². The van der Waals surface area contributed by atoms with Gasteiger partial charge < -0.3 is 15.4 Å². The lowest BCUT2D eigenvalue weighted by molar-refractivity contribution is -0.124. The van der Waals surface area contributed by atoms with E-state index in [1.807, 2.05) is 12.1 Å². The maximum Gasteiger partial charge on any atom is 0.269 e. The van der Waals surface area contributed by atoms with E-state index in [9.17, 15) is 14.0 Å². The molecule has 9 heteroatoms. The van der Waals surface area contributed by atoms with Crippen LogP contribution in [-0.2, 0) is 4.79 Å². The van der Waals surface area contributed by atoms with Crippen LogP contribution in [0.1, 0.15) is 36.2 Å². The van der Waals surface area contributed by atoms with Crippen molar-refractivity contribution in [3.8, 4) is 5.75 Å². The molecule has 0 spiro atoms. The van der Waals surface area contributed by atoms with Crippen molar-refractivity contribution in [1.29, 1.82) is 0 Å². The second kappa shape index (κ2) is 11.0. The minimum Gasteiger partial charge on any atom is -0.484 e. The number of benzene rings is 2. The Labute approximate surface area is 206 Å². The zero-order valence-electron chi connectivity index (χ0n) is 18.3. The van der Waals surface area contributed by atoms with E-state index in [-0.39, 0.29) is 35.2 Å². The highest BCUT2D eigenvalue weighted by molar-refractivity contribution is 6.31. The minimum atomic E-state index is -0.591. The number of hydrogen-bond acceptors (Lipinski definition) is 4. The van der Waals surface area contributed by atoms with E-state index in [2.05, 4.69) is 15.6 Å². The lowest BCUT2D eigenvalue weighted by Gasteiger charge is -2.29. The van der Waals surface area contributed by atoms with Crippen molar-refractivity contribution in [1.82, 2.24) is 15.6 Å². The molecule has 0 saturated heterocycles. The van der Waals surface area contributed by atoms with Crippen molar-refractivity contribution in [3.63, 3.8) is 0 Å². The molecular weight excluding hydrogens is 480 g/mol. The molecule has 3 aromatic rings. The Hall–Kier alpha value is -2.90. The Bertz CT molecular complexity index is 1200. The number of amides is 2. The van der Waals surface area contributed by atoms with Gasteiger partial charge in [0.1, 0.15) is 17.3 Å². The first kappa shape index (κ1) is 24.2. The third kappa shape index (κ3) is 6.36. The van der Waals surface area contributed by atoms with Gasteiger partial charge in [-0.15, -0.1) is 0 Å². The second-order valence-electron chi connectivity index (χ2n) is 8.39. The number of aromatic nitrogens is 1. The molecule has 0 bridgehead atoms. The van der Waals surface area contributed by atoms with E-state index in [0.29, 0.717) is 23.2 Å². The fraction of sp³-hybridized carbons (Fsp3) is 0.320. The molecule has 2 amide bonds. The summed E-state index contributed by atoms with van der Waals surface area (Å²) in [7, 11) is 0. The van der Waals surface area contributed by atoms with E-state index in [0.717, 1.165) is 42.7 Å². The van der Waals surface area contributed by atoms with Gasteiger partial charge in [0, 0.05) is 29.1 Å². The van der Waals surface area contributed by atoms with Gasteiger partial charge in [0.25, 0.3) is 11.8 Å². The smallest absolute Gasteiger partial charge is 0.269 e. The molecule has 1 aliphatic rings. The van der Waals surface area contributed by atoms with Crippen molar-refractivity contribution in [2.75, 3.05) is 13.2 Å². The first-order valence-electron chi connectivity index (χ1n) is 11.1. The van der Waals surface area contributed by atoms with Crippen molar-refractivity contribution in [3.05, 3.63) is 70.1 Å². The largest absolute Gasteiger partial charge is 0.484 e. The zero-order valence-corrected chi connectivity index (χ0v) is 19.8. The first-order chi connectivity index (χ1) is 16.4. The maximum absolute atomic E-state index is 13.5. The Morgan fingerprint density at radius 3 is 2.59 bits per heavy atom. The number of fused-ring (bicyclic) bond motifs is 1. The molecule has 2 N–H and O–H groups in total. The van der Waals surface area contributed by atoms with Gasteiger partial charge in [-0.05, 0) is 68.0 Å². The van der Waals surface area contributed by atoms with E-state index >= 15 is 0 Å². The van der Waals surface area contributed by atoms with Gasteiger partial charge in [0.15, 0.2) is 6.61 Å². The first-order valence-corrected chi connectivity index (χ1v) is 11.8. The fourth-order valence-electron chi connectivity index (χ4n) is 4.05. The molecular formula is C25H24Cl2FN3O3. The van der Waals surface area contributed by atoms with Gasteiger partial charge in [-0.2, -0.15) is 0 Å². The number of nitrogens with one attached hydrogen (secondary N) is 2. The molecule has 0 aliphatic heterocycles. The van der Waals surface area contributed by atoms with Gasteiger partial charge >= 0.3 is 0 Å². The van der Waals surface area contributed by atoms with Crippen LogP contribution in [0.5, 0.6) is 5.75 Å². The normalized spacial score (nSPS) is 17.9. The molecule has 2 aromatic carbocycles. The summed E-state index contributed by atoms with van der Waals surface area (Å²) in [6.07, 6.45) is 3.41. The van der Waals surface area contributed by atoms with Gasteiger partial charge in [0.05, 0.1) is 10.5 Å². The maximum atomic E-state index is 13.5. The summed E-state index contributed by atoms with van der Waals surface area (Å²) in [6, 6.07) is 13.0. The third-order valence-corrected chi connectivity index (χ3v) is 6.45. The molecule has 1 aliphatic carbocycles. The van der Waals surface area contributed by atoms with Crippen LogP contribution < -0.4 is 15.4 Å². The number of nitrogens with zero attached hydrogens (tertiary/aromatic N) is 1. The Morgan fingerprint density at radius 2 is 1.82 bits per heavy atom. The lowest BCUT2D eigenvalue weighted by atomic mass is 9.86. The highest BCUT2D eigenvalue weighted by Crippen LogP contribution is 2.24. The summed E-state index contributed by atoms with van der Waals surface area (Å²) < 4.78 is 18.8. The summed E-state index contributed by atoms with van der Waals surface area (Å²) in [5, 5.41) is 7.44. The van der Waals surface area contributed by atoms with E-state index < -0.39 is 5.82 Å². The predicted octanol–water partition coefficient (Wildman–Crippen LogP) is 5.16. The third-order valence-electron chi connectivity index (χ3n) is 5.91. The predicted molar refractivity (Wildman–Crippen MR) is 130 cm³/mol. The van der Waals surface area contributed by atoms with Gasteiger partial charge in [-0.3, -0.25) is 9.59 Å². The van der Waals surface area contributed by atoms with Gasteiger partial charge in [0.2, 0.25) is 0 Å². The minimum absolute atomic E-state index is 0.00337. The average Bonchev–Trinajstić information content (AvgIpc) is 2.84. The average molecular weight is 504 g/mol. The van der Waals surface area contributed by atoms with E-state index in [1.165, 1.54) is 12.1 Å². The van der Waals surface area contributed by atoms with Crippen LogP contribution in [-0.4, -0.2) is 36.0 Å². The number of rotatable bonds is 7. The molecule has 0 unspecified atom stereocenters. The van der Waals surface area contributed by atoms with Crippen molar-refractivity contribution in [2.45, 2.75) is 31.7 Å². The van der Waals surface area contributed by atoms with Crippen LogP contribution in [0.15, 0.2) is 48.5 Å². The SMILES string of the molecule is O=C(COc1ccc(Cl)c(F)c1)NC1CCC(CNC(=O)c2ccc3cc(Cl)ccc3n2)CC1. The van der Waals surface area contributed by atoms with Crippen molar-refractivity contribution in [2.24, 2.45) is 5.92 Å². The monoisotopic (exact) mass is 503 g/mol. The zero-order chi connectivity index (χ0) is 24.1. The molecule has 1 fully saturated rings. The Kier molecular flexibility index (Phi) is 7.85. The van der Waals surface area contributed by atoms with Crippen molar-refractivity contribution < 1.29 is 18.7 Å². The number of pyridine rings is 1. The fourth-order valence-corrected chi connectivity index (χ4v) is 4.34. The van der Waals surface area contributed by atoms with Crippen LogP contribution in [0.3, 0.4) is 0 Å². The molecule has 178 valence electrons. The second-order valence-corrected chi connectivity index (χ2v) is 9.24. The Morgan fingerprint density at radius 1 is 1.03 bits per heavy atom. The molecule has 1 aromatic heterocycles. The lowest BCUT2D eigenvalue weighted by Crippen LogP contribution is -2.41. The molecule has 34 heavy (non-hydrogen) atoms. The van der Waals surface area contributed by atoms with Gasteiger partial charge in [-0.25, -0.2) is 9.37 Å². The number of ether oxygens (including phenoxy) is 1. The summed E-state index contributed by atoms with van der Waals surface area (Å²) in [5.74, 6) is -0.462. The van der Waals surface area contributed by atoms with E-state index in [4.69, 9.17) is 27.9 Å². The molecule has 1 saturated carbocycles. The number of halogens is 3. The molecule has 0 radical (unpaired) electrons. The molecule has 6 nitrogen and oxygen atoms in total. The van der Waals surface area contributed by atoms with Crippen LogP contribution in [0.2, 0.25) is 10.0 Å². The van der Waals surface area contributed by atoms with Crippen LogP contribution in [0, 0.1) is 11.7 Å². The quantitative estimate of drug-likeness (QED) is 0.466. The topological polar surface area (TPSA) is 80.3 Å². The van der Waals surface area contributed by atoms with Crippen LogP contribution >= 0.6 is 23.2 Å².